The molecule has 1 aromatic rings. The maximum Gasteiger partial charge on any atom is 0.123 e. The first kappa shape index (κ1) is 10.8. The fourth-order valence-corrected chi connectivity index (χ4v) is 1.11. The molecule has 0 spiro atoms. The molecule has 4 nitrogen and oxygen atoms in total. The van der Waals surface area contributed by atoms with E-state index in [1.165, 1.54) is 0 Å². The van der Waals surface area contributed by atoms with Gasteiger partial charge in [0.2, 0.25) is 0 Å². The highest BCUT2D eigenvalue weighted by molar-refractivity contribution is 5.45. The third-order valence-electron chi connectivity index (χ3n) is 1.83. The van der Waals surface area contributed by atoms with Crippen molar-refractivity contribution < 1.29 is 4.74 Å². The number of aromatic nitrogens is 1. The molecule has 0 radical (unpaired) electrons. The Labute approximate surface area is 84.5 Å². The summed E-state index contributed by atoms with van der Waals surface area (Å²) in [7, 11) is 0. The van der Waals surface area contributed by atoms with Crippen LogP contribution >= 0.6 is 0 Å². The van der Waals surface area contributed by atoms with Gasteiger partial charge in [-0.05, 0) is 26.0 Å². The SMILES string of the molecule is CCOC(C)CNc1ccc(N)nc1. The number of anilines is 2. The van der Waals surface area contributed by atoms with E-state index < -0.39 is 0 Å². The Balaban J connectivity index is 2.34. The van der Waals surface area contributed by atoms with E-state index in [-0.39, 0.29) is 6.10 Å². The van der Waals surface area contributed by atoms with Gasteiger partial charge in [0.15, 0.2) is 0 Å². The molecule has 1 atom stereocenters. The van der Waals surface area contributed by atoms with Crippen LogP contribution in [0.4, 0.5) is 11.5 Å². The highest BCUT2D eigenvalue weighted by Gasteiger charge is 2.00. The molecule has 0 aliphatic carbocycles. The van der Waals surface area contributed by atoms with Crippen LogP contribution in [-0.4, -0.2) is 24.2 Å². The lowest BCUT2D eigenvalue weighted by molar-refractivity contribution is 0.0855. The monoisotopic (exact) mass is 195 g/mol. The number of rotatable bonds is 5. The van der Waals surface area contributed by atoms with Crippen molar-refractivity contribution in [2.45, 2.75) is 20.0 Å². The van der Waals surface area contributed by atoms with Gasteiger partial charge in [-0.15, -0.1) is 0 Å². The zero-order valence-corrected chi connectivity index (χ0v) is 8.66. The molecule has 0 amide bonds. The zero-order valence-electron chi connectivity index (χ0n) is 8.66. The predicted octanol–water partition coefficient (Wildman–Crippen LogP) is 1.50. The molecule has 0 aliphatic heterocycles. The Morgan fingerprint density at radius 1 is 1.57 bits per heavy atom. The lowest BCUT2D eigenvalue weighted by Crippen LogP contribution is -2.19. The number of ether oxygens (including phenoxy) is 1. The Morgan fingerprint density at radius 2 is 2.36 bits per heavy atom. The Morgan fingerprint density at radius 3 is 2.93 bits per heavy atom. The van der Waals surface area contributed by atoms with Crippen LogP contribution in [0.25, 0.3) is 0 Å². The van der Waals surface area contributed by atoms with Crippen LogP contribution in [0.15, 0.2) is 18.3 Å². The number of hydrogen-bond acceptors (Lipinski definition) is 4. The van der Waals surface area contributed by atoms with Crippen molar-refractivity contribution in [3.8, 4) is 0 Å². The molecule has 78 valence electrons. The van der Waals surface area contributed by atoms with E-state index >= 15 is 0 Å². The third-order valence-corrected chi connectivity index (χ3v) is 1.83. The molecule has 0 aromatic carbocycles. The summed E-state index contributed by atoms with van der Waals surface area (Å²) in [5, 5.41) is 3.21. The summed E-state index contributed by atoms with van der Waals surface area (Å²) in [5.41, 5.74) is 6.43. The zero-order chi connectivity index (χ0) is 10.4. The fourth-order valence-electron chi connectivity index (χ4n) is 1.11. The molecule has 0 bridgehead atoms. The van der Waals surface area contributed by atoms with E-state index in [1.54, 1.807) is 12.3 Å². The molecule has 0 fully saturated rings. The van der Waals surface area contributed by atoms with E-state index in [9.17, 15) is 0 Å². The maximum absolute atomic E-state index is 5.47. The minimum Gasteiger partial charge on any atom is -0.384 e. The van der Waals surface area contributed by atoms with Crippen molar-refractivity contribution in [2.75, 3.05) is 24.2 Å². The summed E-state index contributed by atoms with van der Waals surface area (Å²) in [6.07, 6.45) is 1.92. The van der Waals surface area contributed by atoms with Crippen molar-refractivity contribution in [3.63, 3.8) is 0 Å². The second kappa shape index (κ2) is 5.44. The molecule has 1 aromatic heterocycles. The summed E-state index contributed by atoms with van der Waals surface area (Å²) >= 11 is 0. The minimum atomic E-state index is 0.206. The molecular weight excluding hydrogens is 178 g/mol. The van der Waals surface area contributed by atoms with E-state index in [0.29, 0.717) is 5.82 Å². The van der Waals surface area contributed by atoms with Gasteiger partial charge < -0.3 is 15.8 Å². The van der Waals surface area contributed by atoms with Gasteiger partial charge in [0, 0.05) is 13.2 Å². The molecule has 1 unspecified atom stereocenters. The van der Waals surface area contributed by atoms with Gasteiger partial charge in [-0.3, -0.25) is 0 Å². The third kappa shape index (κ3) is 3.62. The van der Waals surface area contributed by atoms with Gasteiger partial charge in [-0.25, -0.2) is 4.98 Å². The number of nitrogens with two attached hydrogens (primary N) is 1. The summed E-state index contributed by atoms with van der Waals surface area (Å²) in [6.45, 7) is 5.53. The maximum atomic E-state index is 5.47. The smallest absolute Gasteiger partial charge is 0.123 e. The largest absolute Gasteiger partial charge is 0.384 e. The van der Waals surface area contributed by atoms with Crippen LogP contribution in [0, 0.1) is 0 Å². The minimum absolute atomic E-state index is 0.206. The average Bonchev–Trinajstić information content (AvgIpc) is 2.17. The first-order valence-corrected chi connectivity index (χ1v) is 4.79. The van der Waals surface area contributed by atoms with Crippen LogP contribution in [0.5, 0.6) is 0 Å². The van der Waals surface area contributed by atoms with Crippen molar-refractivity contribution in [2.24, 2.45) is 0 Å². The molecule has 0 aliphatic rings. The summed E-state index contributed by atoms with van der Waals surface area (Å²) in [5.74, 6) is 0.536. The Bertz CT molecular complexity index is 261. The summed E-state index contributed by atoms with van der Waals surface area (Å²) in [6, 6.07) is 3.68. The lowest BCUT2D eigenvalue weighted by atomic mass is 10.3. The number of pyridine rings is 1. The van der Waals surface area contributed by atoms with E-state index in [0.717, 1.165) is 18.8 Å². The second-order valence-corrected chi connectivity index (χ2v) is 3.12. The quantitative estimate of drug-likeness (QED) is 0.747. The van der Waals surface area contributed by atoms with E-state index in [4.69, 9.17) is 10.5 Å². The molecule has 4 heteroatoms. The van der Waals surface area contributed by atoms with Crippen LogP contribution in [0.2, 0.25) is 0 Å². The molecule has 0 saturated heterocycles. The topological polar surface area (TPSA) is 60.2 Å². The van der Waals surface area contributed by atoms with Crippen LogP contribution in [0.3, 0.4) is 0 Å². The van der Waals surface area contributed by atoms with Gasteiger partial charge in [-0.2, -0.15) is 0 Å². The van der Waals surface area contributed by atoms with Crippen molar-refractivity contribution in [1.82, 2.24) is 4.98 Å². The summed E-state index contributed by atoms with van der Waals surface area (Å²) in [4.78, 5) is 3.98. The number of nitrogens with one attached hydrogen (secondary N) is 1. The highest BCUT2D eigenvalue weighted by atomic mass is 16.5. The molecule has 3 N–H and O–H groups in total. The van der Waals surface area contributed by atoms with Gasteiger partial charge in [-0.1, -0.05) is 0 Å². The summed E-state index contributed by atoms with van der Waals surface area (Å²) < 4.78 is 5.38. The average molecular weight is 195 g/mol. The van der Waals surface area contributed by atoms with Crippen LogP contribution in [0.1, 0.15) is 13.8 Å². The number of nitrogens with zero attached hydrogens (tertiary/aromatic N) is 1. The van der Waals surface area contributed by atoms with Crippen LogP contribution < -0.4 is 11.1 Å². The standard InChI is InChI=1S/C10H17N3O/c1-3-14-8(2)6-12-9-4-5-10(11)13-7-9/h4-5,7-8,12H,3,6H2,1-2H3,(H2,11,13). The first-order chi connectivity index (χ1) is 6.72. The highest BCUT2D eigenvalue weighted by Crippen LogP contribution is 2.06. The van der Waals surface area contributed by atoms with E-state index in [1.807, 2.05) is 19.9 Å². The van der Waals surface area contributed by atoms with Gasteiger partial charge in [0.05, 0.1) is 18.0 Å². The Kier molecular flexibility index (Phi) is 4.19. The molecular formula is C10H17N3O. The molecule has 1 rings (SSSR count). The molecule has 1 heterocycles. The first-order valence-electron chi connectivity index (χ1n) is 4.79. The number of nitrogen functional groups attached to an aromatic ring is 1. The van der Waals surface area contributed by atoms with Gasteiger partial charge in [0.25, 0.3) is 0 Å². The molecule has 14 heavy (non-hydrogen) atoms. The van der Waals surface area contributed by atoms with Crippen molar-refractivity contribution in [1.29, 1.82) is 0 Å². The normalized spacial score (nSPS) is 12.4. The fraction of sp³-hybridized carbons (Fsp3) is 0.500. The van der Waals surface area contributed by atoms with Gasteiger partial charge in [0.1, 0.15) is 5.82 Å². The van der Waals surface area contributed by atoms with Gasteiger partial charge >= 0.3 is 0 Å². The Hall–Kier alpha value is -1.29. The number of hydrogen-bond donors (Lipinski definition) is 2. The van der Waals surface area contributed by atoms with Crippen LogP contribution in [-0.2, 0) is 4.74 Å². The molecule has 0 saturated carbocycles. The second-order valence-electron chi connectivity index (χ2n) is 3.12. The van der Waals surface area contributed by atoms with Crippen molar-refractivity contribution >= 4 is 11.5 Å². The predicted molar refractivity (Wildman–Crippen MR) is 58.2 cm³/mol. The van der Waals surface area contributed by atoms with E-state index in [2.05, 4.69) is 10.3 Å². The lowest BCUT2D eigenvalue weighted by Gasteiger charge is -2.13. The van der Waals surface area contributed by atoms with Crippen molar-refractivity contribution in [3.05, 3.63) is 18.3 Å².